The van der Waals surface area contributed by atoms with Gasteiger partial charge in [0.1, 0.15) is 6.61 Å². The molecule has 0 saturated carbocycles. The summed E-state index contributed by atoms with van der Waals surface area (Å²) in [6.07, 6.45) is 4.43. The number of ether oxygens (including phenoxy) is 2. The van der Waals surface area contributed by atoms with Gasteiger partial charge < -0.3 is 14.8 Å². The molecule has 2 aromatic rings. The van der Waals surface area contributed by atoms with Crippen molar-refractivity contribution in [1.82, 2.24) is 9.97 Å². The first-order chi connectivity index (χ1) is 10.2. The van der Waals surface area contributed by atoms with E-state index in [0.29, 0.717) is 35.4 Å². The van der Waals surface area contributed by atoms with Crippen molar-refractivity contribution in [3.63, 3.8) is 0 Å². The largest absolute Gasteiger partial charge is 0.475 e. The van der Waals surface area contributed by atoms with Gasteiger partial charge in [0.2, 0.25) is 5.88 Å². The number of halogens is 1. The molecule has 0 aliphatic rings. The van der Waals surface area contributed by atoms with Crippen molar-refractivity contribution in [2.75, 3.05) is 25.6 Å². The highest BCUT2D eigenvalue weighted by atomic mass is 35.5. The van der Waals surface area contributed by atoms with Crippen LogP contribution in [0, 0.1) is 0 Å². The quantitative estimate of drug-likeness (QED) is 0.830. The zero-order chi connectivity index (χ0) is 15.1. The first-order valence-electron chi connectivity index (χ1n) is 6.19. The van der Waals surface area contributed by atoms with Gasteiger partial charge in [-0.2, -0.15) is 0 Å². The number of hydrogen-bond donors (Lipinski definition) is 1. The highest BCUT2D eigenvalue weighted by molar-refractivity contribution is 6.34. The molecular weight excluding hydrogens is 294 g/mol. The van der Waals surface area contributed by atoms with E-state index in [4.69, 9.17) is 21.1 Å². The lowest BCUT2D eigenvalue weighted by Crippen LogP contribution is -2.13. The molecule has 0 aliphatic carbocycles. The number of pyridine rings is 2. The molecule has 6 nitrogen and oxygen atoms in total. The van der Waals surface area contributed by atoms with Gasteiger partial charge in [-0.15, -0.1) is 0 Å². The summed E-state index contributed by atoms with van der Waals surface area (Å²) >= 11 is 5.91. The zero-order valence-electron chi connectivity index (χ0n) is 11.4. The molecule has 7 heteroatoms. The molecule has 110 valence electrons. The molecule has 0 unspecified atom stereocenters. The Kier molecular flexibility index (Phi) is 5.48. The monoisotopic (exact) mass is 307 g/mol. The van der Waals surface area contributed by atoms with Gasteiger partial charge in [-0.1, -0.05) is 11.6 Å². The fourth-order valence-corrected chi connectivity index (χ4v) is 1.73. The van der Waals surface area contributed by atoms with E-state index in [1.807, 2.05) is 0 Å². The van der Waals surface area contributed by atoms with E-state index in [-0.39, 0.29) is 5.91 Å². The van der Waals surface area contributed by atoms with Gasteiger partial charge >= 0.3 is 0 Å². The molecule has 1 amide bonds. The molecule has 0 aromatic carbocycles. The maximum atomic E-state index is 12.0. The van der Waals surface area contributed by atoms with E-state index < -0.39 is 0 Å². The Morgan fingerprint density at radius 2 is 2.14 bits per heavy atom. The molecule has 0 spiro atoms. The third-order valence-corrected chi connectivity index (χ3v) is 2.85. The Balaban J connectivity index is 1.97. The normalized spacial score (nSPS) is 10.2. The van der Waals surface area contributed by atoms with Crippen LogP contribution in [-0.2, 0) is 4.74 Å². The molecule has 0 aliphatic heterocycles. The lowest BCUT2D eigenvalue weighted by molar-refractivity contribution is 0.102. The lowest BCUT2D eigenvalue weighted by Gasteiger charge is -2.07. The molecule has 0 radical (unpaired) electrons. The van der Waals surface area contributed by atoms with E-state index in [2.05, 4.69) is 15.3 Å². The second kappa shape index (κ2) is 7.56. The van der Waals surface area contributed by atoms with E-state index in [9.17, 15) is 4.79 Å². The number of hydrogen-bond acceptors (Lipinski definition) is 5. The summed E-state index contributed by atoms with van der Waals surface area (Å²) in [5, 5.41) is 2.99. The fraction of sp³-hybridized carbons (Fsp3) is 0.214. The molecule has 2 rings (SSSR count). The van der Waals surface area contributed by atoms with E-state index in [1.165, 1.54) is 18.6 Å². The number of carbonyl (C=O) groups excluding carboxylic acids is 1. The van der Waals surface area contributed by atoms with Gasteiger partial charge in [0.05, 0.1) is 29.1 Å². The molecule has 2 heterocycles. The molecule has 0 fully saturated rings. The molecule has 0 atom stereocenters. The standard InChI is InChI=1S/C14H14ClN3O3/c1-20-6-7-21-13-3-2-10(8-17-13)18-14(19)11-4-5-16-9-12(11)15/h2-5,8-9H,6-7H2,1H3,(H,18,19). The van der Waals surface area contributed by atoms with Crippen LogP contribution in [-0.4, -0.2) is 36.2 Å². The van der Waals surface area contributed by atoms with Crippen molar-refractivity contribution in [3.05, 3.63) is 47.4 Å². The maximum absolute atomic E-state index is 12.0. The Morgan fingerprint density at radius 3 is 2.81 bits per heavy atom. The first kappa shape index (κ1) is 15.2. The number of aromatic nitrogens is 2. The van der Waals surface area contributed by atoms with E-state index in [0.717, 1.165) is 0 Å². The maximum Gasteiger partial charge on any atom is 0.257 e. The molecular formula is C14H14ClN3O3. The fourth-order valence-electron chi connectivity index (χ4n) is 1.53. The number of anilines is 1. The highest BCUT2D eigenvalue weighted by Crippen LogP contribution is 2.17. The number of nitrogens with zero attached hydrogens (tertiary/aromatic N) is 2. The van der Waals surface area contributed by atoms with Crippen molar-refractivity contribution in [2.45, 2.75) is 0 Å². The van der Waals surface area contributed by atoms with Crippen LogP contribution in [0.15, 0.2) is 36.8 Å². The summed E-state index contributed by atoms with van der Waals surface area (Å²) in [4.78, 5) is 19.9. The van der Waals surface area contributed by atoms with Gasteiger partial charge in [0.15, 0.2) is 0 Å². The van der Waals surface area contributed by atoms with Crippen molar-refractivity contribution in [2.24, 2.45) is 0 Å². The number of rotatable bonds is 6. The number of amides is 1. The minimum Gasteiger partial charge on any atom is -0.475 e. The zero-order valence-corrected chi connectivity index (χ0v) is 12.1. The predicted molar refractivity (Wildman–Crippen MR) is 78.8 cm³/mol. The van der Waals surface area contributed by atoms with Crippen molar-refractivity contribution in [3.8, 4) is 5.88 Å². The highest BCUT2D eigenvalue weighted by Gasteiger charge is 2.10. The summed E-state index contributed by atoms with van der Waals surface area (Å²) in [5.74, 6) is 0.143. The van der Waals surface area contributed by atoms with Gasteiger partial charge in [-0.25, -0.2) is 4.98 Å². The SMILES string of the molecule is COCCOc1ccc(NC(=O)c2ccncc2Cl)cn1. The summed E-state index contributed by atoms with van der Waals surface area (Å²) in [6, 6.07) is 4.91. The van der Waals surface area contributed by atoms with Gasteiger partial charge in [-0.05, 0) is 12.1 Å². The van der Waals surface area contributed by atoms with Crippen molar-refractivity contribution in [1.29, 1.82) is 0 Å². The Labute approximate surface area is 127 Å². The number of carbonyl (C=O) groups is 1. The minimum atomic E-state index is -0.322. The third-order valence-electron chi connectivity index (χ3n) is 2.55. The van der Waals surface area contributed by atoms with Crippen molar-refractivity contribution < 1.29 is 14.3 Å². The van der Waals surface area contributed by atoms with Crippen LogP contribution in [0.1, 0.15) is 10.4 Å². The van der Waals surface area contributed by atoms with E-state index >= 15 is 0 Å². The van der Waals surface area contributed by atoms with Crippen LogP contribution >= 0.6 is 11.6 Å². The van der Waals surface area contributed by atoms with Crippen LogP contribution in [0.25, 0.3) is 0 Å². The predicted octanol–water partition coefficient (Wildman–Crippen LogP) is 2.41. The van der Waals surface area contributed by atoms with Crippen LogP contribution in [0.5, 0.6) is 5.88 Å². The minimum absolute atomic E-state index is 0.294. The molecule has 2 aromatic heterocycles. The summed E-state index contributed by atoms with van der Waals surface area (Å²) < 4.78 is 10.2. The molecule has 21 heavy (non-hydrogen) atoms. The second-order valence-electron chi connectivity index (χ2n) is 4.04. The second-order valence-corrected chi connectivity index (χ2v) is 4.44. The topological polar surface area (TPSA) is 73.3 Å². The Morgan fingerprint density at radius 1 is 1.29 bits per heavy atom. The molecule has 0 saturated heterocycles. The average Bonchev–Trinajstić information content (AvgIpc) is 2.49. The number of nitrogens with one attached hydrogen (secondary N) is 1. The summed E-state index contributed by atoms with van der Waals surface area (Å²) in [6.45, 7) is 0.905. The lowest BCUT2D eigenvalue weighted by atomic mass is 10.2. The number of methoxy groups -OCH3 is 1. The Hall–Kier alpha value is -2.18. The molecule has 1 N–H and O–H groups in total. The first-order valence-corrected chi connectivity index (χ1v) is 6.57. The van der Waals surface area contributed by atoms with Crippen LogP contribution in [0.3, 0.4) is 0 Å². The Bertz CT molecular complexity index is 605. The van der Waals surface area contributed by atoms with Crippen LogP contribution < -0.4 is 10.1 Å². The summed E-state index contributed by atoms with van der Waals surface area (Å²) in [7, 11) is 1.60. The van der Waals surface area contributed by atoms with Gasteiger partial charge in [0.25, 0.3) is 5.91 Å². The van der Waals surface area contributed by atoms with Gasteiger partial charge in [0, 0.05) is 25.6 Å². The van der Waals surface area contributed by atoms with E-state index in [1.54, 1.807) is 25.3 Å². The van der Waals surface area contributed by atoms with Crippen LogP contribution in [0.4, 0.5) is 5.69 Å². The third kappa shape index (κ3) is 4.40. The average molecular weight is 308 g/mol. The smallest absolute Gasteiger partial charge is 0.257 e. The summed E-state index contributed by atoms with van der Waals surface area (Å²) in [5.41, 5.74) is 0.902. The van der Waals surface area contributed by atoms with Crippen LogP contribution in [0.2, 0.25) is 5.02 Å². The molecule has 0 bridgehead atoms. The van der Waals surface area contributed by atoms with Gasteiger partial charge in [-0.3, -0.25) is 9.78 Å². The van der Waals surface area contributed by atoms with Crippen molar-refractivity contribution >= 4 is 23.2 Å².